The van der Waals surface area contributed by atoms with Crippen molar-refractivity contribution in [2.45, 2.75) is 13.3 Å². The number of rotatable bonds is 4. The number of esters is 1. The van der Waals surface area contributed by atoms with E-state index in [2.05, 4.69) is 25.7 Å². The largest absolute Gasteiger partial charge is 0.481 e. The van der Waals surface area contributed by atoms with Gasteiger partial charge in [-0.3, -0.25) is 0 Å². The molecule has 0 aliphatic heterocycles. The van der Waals surface area contributed by atoms with Gasteiger partial charge >= 0.3 is 5.97 Å². The van der Waals surface area contributed by atoms with Gasteiger partial charge in [0, 0.05) is 10.5 Å². The Kier molecular flexibility index (Phi) is 4.80. The molecule has 0 unspecified atom stereocenters. The molecule has 1 aromatic heterocycles. The van der Waals surface area contributed by atoms with Crippen molar-refractivity contribution >= 4 is 21.9 Å². The minimum absolute atomic E-state index is 0.0578. The zero-order valence-electron chi connectivity index (χ0n) is 9.17. The third-order valence-electron chi connectivity index (χ3n) is 1.88. The van der Waals surface area contributed by atoms with Gasteiger partial charge in [-0.2, -0.15) is 0 Å². The van der Waals surface area contributed by atoms with E-state index >= 15 is 0 Å². The maximum Gasteiger partial charge on any atom is 0.357 e. The van der Waals surface area contributed by atoms with Crippen LogP contribution in [0.15, 0.2) is 10.5 Å². The Morgan fingerprint density at radius 2 is 2.24 bits per heavy atom. The summed E-state index contributed by atoms with van der Waals surface area (Å²) in [6.45, 7) is 1.66. The molecule has 0 bridgehead atoms. The standard InChI is InChI=1S/C10H10BrF2NO3/c1-3-17-10(15)8-7(9(12)13)5(11)4-6(14-8)16-2/h4,9H,3H2,1-2H3. The van der Waals surface area contributed by atoms with E-state index in [9.17, 15) is 13.6 Å². The third-order valence-corrected chi connectivity index (χ3v) is 2.54. The average Bonchev–Trinajstić information content (AvgIpc) is 2.27. The van der Waals surface area contributed by atoms with Crippen molar-refractivity contribution in [2.75, 3.05) is 13.7 Å². The fourth-order valence-electron chi connectivity index (χ4n) is 1.17. The van der Waals surface area contributed by atoms with E-state index < -0.39 is 23.7 Å². The SMILES string of the molecule is CCOC(=O)c1nc(OC)cc(Br)c1C(F)F. The molecule has 0 N–H and O–H groups in total. The van der Waals surface area contributed by atoms with Crippen LogP contribution in [0.1, 0.15) is 29.4 Å². The van der Waals surface area contributed by atoms with Crippen molar-refractivity contribution in [2.24, 2.45) is 0 Å². The van der Waals surface area contributed by atoms with E-state index in [0.717, 1.165) is 0 Å². The third kappa shape index (κ3) is 3.12. The fourth-order valence-corrected chi connectivity index (χ4v) is 1.73. The first-order chi connectivity index (χ1) is 8.01. The van der Waals surface area contributed by atoms with Crippen LogP contribution in [0.4, 0.5) is 8.78 Å². The van der Waals surface area contributed by atoms with Crippen LogP contribution in [0.2, 0.25) is 0 Å². The smallest absolute Gasteiger partial charge is 0.357 e. The van der Waals surface area contributed by atoms with E-state index in [0.29, 0.717) is 0 Å². The van der Waals surface area contributed by atoms with Gasteiger partial charge in [-0.1, -0.05) is 15.9 Å². The van der Waals surface area contributed by atoms with Crippen molar-refractivity contribution in [1.29, 1.82) is 0 Å². The molecular formula is C10H10BrF2NO3. The lowest BCUT2D eigenvalue weighted by atomic mass is 10.2. The maximum absolute atomic E-state index is 12.8. The molecule has 94 valence electrons. The lowest BCUT2D eigenvalue weighted by molar-refractivity contribution is 0.0506. The van der Waals surface area contributed by atoms with Crippen LogP contribution in [0.5, 0.6) is 5.88 Å². The zero-order valence-corrected chi connectivity index (χ0v) is 10.8. The Morgan fingerprint density at radius 1 is 1.59 bits per heavy atom. The Bertz CT molecular complexity index is 426. The van der Waals surface area contributed by atoms with Crippen molar-refractivity contribution in [1.82, 2.24) is 4.98 Å². The second-order valence-electron chi connectivity index (χ2n) is 2.93. The summed E-state index contributed by atoms with van der Waals surface area (Å²) >= 11 is 2.95. The van der Waals surface area contributed by atoms with Gasteiger partial charge in [0.2, 0.25) is 5.88 Å². The summed E-state index contributed by atoms with van der Waals surface area (Å²) in [5, 5.41) is 0. The van der Waals surface area contributed by atoms with Gasteiger partial charge in [0.05, 0.1) is 19.3 Å². The number of pyridine rings is 1. The first kappa shape index (κ1) is 13.8. The molecule has 1 heterocycles. The number of nitrogens with zero attached hydrogens (tertiary/aromatic N) is 1. The first-order valence-corrected chi connectivity index (χ1v) is 5.50. The van der Waals surface area contributed by atoms with Gasteiger partial charge in [0.25, 0.3) is 6.43 Å². The average molecular weight is 310 g/mol. The van der Waals surface area contributed by atoms with Crippen molar-refractivity contribution in [3.63, 3.8) is 0 Å². The number of carbonyl (C=O) groups is 1. The number of ether oxygens (including phenoxy) is 2. The van der Waals surface area contributed by atoms with Crippen LogP contribution in [0.3, 0.4) is 0 Å². The predicted octanol–water partition coefficient (Wildman–Crippen LogP) is 2.97. The molecule has 0 aliphatic rings. The number of halogens is 3. The topological polar surface area (TPSA) is 48.4 Å². The molecule has 0 fully saturated rings. The zero-order chi connectivity index (χ0) is 13.0. The van der Waals surface area contributed by atoms with E-state index in [1.807, 2.05) is 0 Å². The number of methoxy groups -OCH3 is 1. The fraction of sp³-hybridized carbons (Fsp3) is 0.400. The minimum atomic E-state index is -2.83. The van der Waals surface area contributed by atoms with Gasteiger partial charge in [0.1, 0.15) is 0 Å². The van der Waals surface area contributed by atoms with Crippen LogP contribution in [-0.4, -0.2) is 24.7 Å². The molecule has 0 atom stereocenters. The van der Waals surface area contributed by atoms with Crippen molar-refractivity contribution in [3.05, 3.63) is 21.8 Å². The number of aromatic nitrogens is 1. The summed E-state index contributed by atoms with van der Waals surface area (Å²) in [5.41, 5.74) is -0.933. The van der Waals surface area contributed by atoms with Crippen LogP contribution < -0.4 is 4.74 Å². The molecular weight excluding hydrogens is 300 g/mol. The summed E-state index contributed by atoms with van der Waals surface area (Å²) < 4.78 is 35.1. The van der Waals surface area contributed by atoms with Crippen LogP contribution >= 0.6 is 15.9 Å². The lowest BCUT2D eigenvalue weighted by Crippen LogP contribution is -2.12. The summed E-state index contributed by atoms with van der Waals surface area (Å²) in [6, 6.07) is 1.27. The molecule has 0 aromatic carbocycles. The molecule has 0 aliphatic carbocycles. The van der Waals surface area contributed by atoms with Crippen LogP contribution in [0.25, 0.3) is 0 Å². The maximum atomic E-state index is 12.8. The molecule has 4 nitrogen and oxygen atoms in total. The molecule has 1 rings (SSSR count). The summed E-state index contributed by atoms with van der Waals surface area (Å²) in [5.74, 6) is -0.841. The van der Waals surface area contributed by atoms with Crippen LogP contribution in [-0.2, 0) is 4.74 Å². The number of hydrogen-bond donors (Lipinski definition) is 0. The lowest BCUT2D eigenvalue weighted by Gasteiger charge is -2.11. The normalized spacial score (nSPS) is 10.5. The number of carbonyl (C=O) groups excluding carboxylic acids is 1. The molecule has 0 saturated carbocycles. The second kappa shape index (κ2) is 5.90. The number of alkyl halides is 2. The van der Waals surface area contributed by atoms with E-state index in [1.165, 1.54) is 13.2 Å². The summed E-state index contributed by atoms with van der Waals surface area (Å²) in [6.07, 6.45) is -2.83. The predicted molar refractivity (Wildman–Crippen MR) is 59.4 cm³/mol. The summed E-state index contributed by atoms with van der Waals surface area (Å²) in [7, 11) is 1.33. The second-order valence-corrected chi connectivity index (χ2v) is 3.78. The Labute approximate surface area is 105 Å². The van der Waals surface area contributed by atoms with Gasteiger partial charge < -0.3 is 9.47 Å². The van der Waals surface area contributed by atoms with Crippen molar-refractivity contribution < 1.29 is 23.0 Å². The monoisotopic (exact) mass is 309 g/mol. The molecule has 7 heteroatoms. The molecule has 0 saturated heterocycles. The highest BCUT2D eigenvalue weighted by Gasteiger charge is 2.25. The number of hydrogen-bond acceptors (Lipinski definition) is 4. The highest BCUT2D eigenvalue weighted by molar-refractivity contribution is 9.10. The molecule has 0 spiro atoms. The highest BCUT2D eigenvalue weighted by atomic mass is 79.9. The van der Waals surface area contributed by atoms with Gasteiger partial charge in [-0.25, -0.2) is 18.6 Å². The Balaban J connectivity index is 3.32. The molecule has 1 aromatic rings. The van der Waals surface area contributed by atoms with Crippen LogP contribution in [0, 0.1) is 0 Å². The molecule has 17 heavy (non-hydrogen) atoms. The highest BCUT2D eigenvalue weighted by Crippen LogP contribution is 2.32. The Morgan fingerprint density at radius 3 is 2.71 bits per heavy atom. The minimum Gasteiger partial charge on any atom is -0.481 e. The Hall–Kier alpha value is -1.24. The summed E-state index contributed by atoms with van der Waals surface area (Å²) in [4.78, 5) is 15.2. The molecule has 0 radical (unpaired) electrons. The van der Waals surface area contributed by atoms with Gasteiger partial charge in [-0.05, 0) is 6.92 Å². The van der Waals surface area contributed by atoms with Gasteiger partial charge in [0.15, 0.2) is 5.69 Å². The quantitative estimate of drug-likeness (QED) is 0.802. The van der Waals surface area contributed by atoms with Crippen molar-refractivity contribution in [3.8, 4) is 5.88 Å². The van der Waals surface area contributed by atoms with E-state index in [4.69, 9.17) is 4.74 Å². The van der Waals surface area contributed by atoms with Gasteiger partial charge in [-0.15, -0.1) is 0 Å². The van der Waals surface area contributed by atoms with E-state index in [1.54, 1.807) is 6.92 Å². The first-order valence-electron chi connectivity index (χ1n) is 4.71. The molecule has 0 amide bonds. The van der Waals surface area contributed by atoms with E-state index in [-0.39, 0.29) is 17.0 Å².